The van der Waals surface area contributed by atoms with Crippen LogP contribution in [0.1, 0.15) is 68.8 Å². The highest BCUT2D eigenvalue weighted by molar-refractivity contribution is 5.94. The molecule has 1 aromatic carbocycles. The predicted octanol–water partition coefficient (Wildman–Crippen LogP) is 3.93. The second-order valence-corrected chi connectivity index (χ2v) is 11.3. The first-order chi connectivity index (χ1) is 16.6. The highest BCUT2D eigenvalue weighted by atomic mass is 16.1. The number of anilines is 4. The number of carbonyl (C=O) groups is 1. The van der Waals surface area contributed by atoms with Crippen molar-refractivity contribution in [3.8, 4) is 0 Å². The van der Waals surface area contributed by atoms with E-state index >= 15 is 0 Å². The first-order valence-electron chi connectivity index (χ1n) is 12.7. The van der Waals surface area contributed by atoms with E-state index < -0.39 is 5.91 Å². The summed E-state index contributed by atoms with van der Waals surface area (Å²) in [5.41, 5.74) is 7.73. The molecule has 9 nitrogen and oxygen atoms in total. The van der Waals surface area contributed by atoms with Gasteiger partial charge in [-0.1, -0.05) is 39.7 Å². The topological polar surface area (TPSA) is 112 Å². The Labute approximate surface area is 208 Å². The predicted molar refractivity (Wildman–Crippen MR) is 141 cm³/mol. The van der Waals surface area contributed by atoms with Crippen LogP contribution in [-0.2, 0) is 0 Å². The van der Waals surface area contributed by atoms with Gasteiger partial charge in [-0.3, -0.25) is 9.69 Å². The Morgan fingerprint density at radius 1 is 1.14 bits per heavy atom. The number of hydrogen-bond donors (Lipinski definition) is 3. The second-order valence-electron chi connectivity index (χ2n) is 11.3. The highest BCUT2D eigenvalue weighted by Gasteiger charge is 2.30. The van der Waals surface area contributed by atoms with Gasteiger partial charge in [-0.25, -0.2) is 0 Å². The van der Waals surface area contributed by atoms with Gasteiger partial charge in [0.2, 0.25) is 23.8 Å². The van der Waals surface area contributed by atoms with Crippen LogP contribution in [0.25, 0.3) is 0 Å². The number of aromatic nitrogens is 3. The van der Waals surface area contributed by atoms with E-state index in [1.807, 2.05) is 20.0 Å². The lowest BCUT2D eigenvalue weighted by molar-refractivity contribution is 0.100. The molecule has 1 aliphatic carbocycles. The van der Waals surface area contributed by atoms with Crippen molar-refractivity contribution in [2.75, 3.05) is 42.2 Å². The summed E-state index contributed by atoms with van der Waals surface area (Å²) >= 11 is 0. The van der Waals surface area contributed by atoms with E-state index in [2.05, 4.69) is 41.2 Å². The van der Waals surface area contributed by atoms with Crippen LogP contribution >= 0.6 is 0 Å². The molecule has 2 fully saturated rings. The SMILES string of the molecule is Cc1ccc(C(N)=O)cc1Nc1nc(N[C@@H]2CCN(C3CCCC3)C2)nc(N(C)CC(C)(C)C)n1. The molecule has 1 atom stereocenters. The first kappa shape index (κ1) is 25.2. The van der Waals surface area contributed by atoms with Crippen molar-refractivity contribution < 1.29 is 4.79 Å². The smallest absolute Gasteiger partial charge is 0.248 e. The number of aryl methyl sites for hydroxylation is 1. The Hall–Kier alpha value is -2.94. The highest BCUT2D eigenvalue weighted by Crippen LogP contribution is 2.28. The molecular weight excluding hydrogens is 440 g/mol. The van der Waals surface area contributed by atoms with Crippen LogP contribution in [-0.4, -0.2) is 64.5 Å². The molecule has 2 aliphatic rings. The van der Waals surface area contributed by atoms with Crippen molar-refractivity contribution in [2.45, 2.75) is 71.9 Å². The summed E-state index contributed by atoms with van der Waals surface area (Å²) in [5.74, 6) is 1.15. The summed E-state index contributed by atoms with van der Waals surface area (Å²) in [6, 6.07) is 6.37. The molecule has 2 heterocycles. The lowest BCUT2D eigenvalue weighted by atomic mass is 9.96. The third-order valence-electron chi connectivity index (χ3n) is 6.84. The second kappa shape index (κ2) is 10.4. The van der Waals surface area contributed by atoms with E-state index in [9.17, 15) is 4.79 Å². The Balaban J connectivity index is 1.57. The van der Waals surface area contributed by atoms with E-state index in [1.165, 1.54) is 25.7 Å². The molecule has 190 valence electrons. The quantitative estimate of drug-likeness (QED) is 0.521. The molecule has 35 heavy (non-hydrogen) atoms. The molecule has 1 aliphatic heterocycles. The summed E-state index contributed by atoms with van der Waals surface area (Å²) in [4.78, 5) is 30.6. The number of rotatable bonds is 8. The van der Waals surface area contributed by atoms with Gasteiger partial charge in [-0.05, 0) is 49.3 Å². The summed E-state index contributed by atoms with van der Waals surface area (Å²) < 4.78 is 0. The van der Waals surface area contributed by atoms with Crippen LogP contribution in [0.4, 0.5) is 23.5 Å². The van der Waals surface area contributed by atoms with Gasteiger partial charge >= 0.3 is 0 Å². The normalized spacial score (nSPS) is 19.2. The van der Waals surface area contributed by atoms with Gasteiger partial charge in [0.05, 0.1) is 0 Å². The average molecular weight is 481 g/mol. The van der Waals surface area contributed by atoms with E-state index in [0.29, 0.717) is 29.5 Å². The fourth-order valence-corrected chi connectivity index (χ4v) is 5.16. The molecule has 9 heteroatoms. The number of nitrogens with zero attached hydrogens (tertiary/aromatic N) is 5. The van der Waals surface area contributed by atoms with E-state index in [1.54, 1.807) is 12.1 Å². The maximum Gasteiger partial charge on any atom is 0.248 e. The summed E-state index contributed by atoms with van der Waals surface area (Å²) in [6.07, 6.45) is 6.41. The third kappa shape index (κ3) is 6.60. The number of carbonyl (C=O) groups excluding carboxylic acids is 1. The molecule has 1 aromatic heterocycles. The van der Waals surface area contributed by atoms with Gasteiger partial charge in [0, 0.05) is 50.0 Å². The van der Waals surface area contributed by atoms with Gasteiger partial charge in [-0.15, -0.1) is 0 Å². The van der Waals surface area contributed by atoms with E-state index in [4.69, 9.17) is 20.7 Å². The third-order valence-corrected chi connectivity index (χ3v) is 6.84. The van der Waals surface area contributed by atoms with Crippen molar-refractivity contribution in [1.82, 2.24) is 19.9 Å². The van der Waals surface area contributed by atoms with Crippen LogP contribution in [0.3, 0.4) is 0 Å². The van der Waals surface area contributed by atoms with E-state index in [-0.39, 0.29) is 5.41 Å². The number of likely N-dealkylation sites (tertiary alicyclic amines) is 1. The van der Waals surface area contributed by atoms with Crippen molar-refractivity contribution in [1.29, 1.82) is 0 Å². The van der Waals surface area contributed by atoms with E-state index in [0.717, 1.165) is 43.3 Å². The number of nitrogens with one attached hydrogen (secondary N) is 2. The summed E-state index contributed by atoms with van der Waals surface area (Å²) in [6.45, 7) is 11.5. The van der Waals surface area contributed by atoms with Gasteiger partial charge < -0.3 is 21.3 Å². The zero-order valence-corrected chi connectivity index (χ0v) is 21.8. The van der Waals surface area contributed by atoms with Crippen molar-refractivity contribution in [2.24, 2.45) is 11.1 Å². The summed E-state index contributed by atoms with van der Waals surface area (Å²) in [7, 11) is 2.00. The summed E-state index contributed by atoms with van der Waals surface area (Å²) in [5, 5.41) is 6.88. The number of benzene rings is 1. The molecule has 4 N–H and O–H groups in total. The monoisotopic (exact) mass is 480 g/mol. The van der Waals surface area contributed by atoms with Crippen LogP contribution < -0.4 is 21.3 Å². The standard InChI is InChI=1S/C26H40N8O/c1-17-10-11-18(22(27)35)14-21(17)29-24-30-23(31-25(32-24)33(5)16-26(2,3)4)28-19-12-13-34(15-19)20-8-6-7-9-20/h10-11,14,19-20H,6-9,12-13,15-16H2,1-5H3,(H2,27,35)(H2,28,29,30,31,32)/t19-/m1/s1. The lowest BCUT2D eigenvalue weighted by Crippen LogP contribution is -2.34. The molecule has 0 bridgehead atoms. The minimum Gasteiger partial charge on any atom is -0.366 e. The zero-order chi connectivity index (χ0) is 25.2. The number of primary amides is 1. The maximum atomic E-state index is 11.7. The molecule has 0 spiro atoms. The molecule has 4 rings (SSSR count). The Bertz CT molecular complexity index is 1040. The van der Waals surface area contributed by atoms with Gasteiger partial charge in [0.25, 0.3) is 0 Å². The van der Waals surface area contributed by atoms with Crippen LogP contribution in [0.2, 0.25) is 0 Å². The number of hydrogen-bond acceptors (Lipinski definition) is 8. The van der Waals surface area contributed by atoms with Crippen molar-refractivity contribution in [3.05, 3.63) is 29.3 Å². The number of nitrogens with two attached hydrogens (primary N) is 1. The molecule has 1 saturated heterocycles. The van der Waals surface area contributed by atoms with Crippen molar-refractivity contribution in [3.63, 3.8) is 0 Å². The van der Waals surface area contributed by atoms with Crippen LogP contribution in [0.5, 0.6) is 0 Å². The zero-order valence-electron chi connectivity index (χ0n) is 21.8. The minimum absolute atomic E-state index is 0.0855. The minimum atomic E-state index is -0.468. The fourth-order valence-electron chi connectivity index (χ4n) is 5.16. The average Bonchev–Trinajstić information content (AvgIpc) is 3.46. The maximum absolute atomic E-state index is 11.7. The van der Waals surface area contributed by atoms with Crippen LogP contribution in [0, 0.1) is 12.3 Å². The van der Waals surface area contributed by atoms with Gasteiger partial charge in [0.1, 0.15) is 0 Å². The lowest BCUT2D eigenvalue weighted by Gasteiger charge is -2.27. The molecule has 0 unspecified atom stereocenters. The number of amides is 1. The van der Waals surface area contributed by atoms with Gasteiger partial charge in [0.15, 0.2) is 0 Å². The Kier molecular flexibility index (Phi) is 7.44. The Morgan fingerprint density at radius 3 is 2.54 bits per heavy atom. The fraction of sp³-hybridized carbons (Fsp3) is 0.615. The Morgan fingerprint density at radius 2 is 1.86 bits per heavy atom. The van der Waals surface area contributed by atoms with Crippen LogP contribution in [0.15, 0.2) is 18.2 Å². The largest absolute Gasteiger partial charge is 0.366 e. The molecular formula is C26H40N8O. The molecule has 1 amide bonds. The van der Waals surface area contributed by atoms with Crippen molar-refractivity contribution >= 4 is 29.4 Å². The molecule has 1 saturated carbocycles. The first-order valence-corrected chi connectivity index (χ1v) is 12.7. The van der Waals surface area contributed by atoms with Gasteiger partial charge in [-0.2, -0.15) is 15.0 Å². The molecule has 0 radical (unpaired) electrons. The molecule has 2 aromatic rings.